The number of carbonyl (C=O) groups excluding carboxylic acids is 1. The van der Waals surface area contributed by atoms with E-state index in [1.54, 1.807) is 6.92 Å². The summed E-state index contributed by atoms with van der Waals surface area (Å²) in [7, 11) is 0. The van der Waals surface area contributed by atoms with Gasteiger partial charge < -0.3 is 0 Å². The minimum absolute atomic E-state index is 0.0265. The average Bonchev–Trinajstić information content (AvgIpc) is 2.96. The van der Waals surface area contributed by atoms with Gasteiger partial charge in [-0.05, 0) is 23.9 Å². The maximum absolute atomic E-state index is 11.8. The Balaban J connectivity index is 2.08. The van der Waals surface area contributed by atoms with E-state index in [4.69, 9.17) is 0 Å². The van der Waals surface area contributed by atoms with Crippen molar-refractivity contribution in [2.75, 3.05) is 0 Å². The van der Waals surface area contributed by atoms with Gasteiger partial charge in [-0.25, -0.2) is 9.97 Å². The van der Waals surface area contributed by atoms with Crippen LogP contribution in [0.25, 0.3) is 28.1 Å². The van der Waals surface area contributed by atoms with E-state index in [1.807, 2.05) is 65.1 Å². The minimum Gasteiger partial charge on any atom is -0.287 e. The first-order chi connectivity index (χ1) is 11.2. The lowest BCUT2D eigenvalue weighted by atomic mass is 10.2. The Morgan fingerprint density at radius 3 is 2.39 bits per heavy atom. The van der Waals surface area contributed by atoms with Gasteiger partial charge in [-0.15, -0.1) is 0 Å². The molecule has 0 aliphatic heterocycles. The van der Waals surface area contributed by atoms with Crippen LogP contribution < -0.4 is 0 Å². The van der Waals surface area contributed by atoms with Crippen LogP contribution >= 0.6 is 11.8 Å². The van der Waals surface area contributed by atoms with Crippen LogP contribution in [0.2, 0.25) is 0 Å². The second kappa shape index (κ2) is 5.52. The van der Waals surface area contributed by atoms with Gasteiger partial charge in [0.2, 0.25) is 5.78 Å². The van der Waals surface area contributed by atoms with Crippen LogP contribution in [0.5, 0.6) is 0 Å². The van der Waals surface area contributed by atoms with E-state index in [9.17, 15) is 4.79 Å². The molecule has 4 nitrogen and oxygen atoms in total. The lowest BCUT2D eigenvalue weighted by Crippen LogP contribution is -1.89. The Morgan fingerprint density at radius 2 is 1.65 bits per heavy atom. The van der Waals surface area contributed by atoms with Crippen molar-refractivity contribution in [2.45, 2.75) is 11.9 Å². The molecule has 0 spiro atoms. The number of imidazole rings is 2. The third kappa shape index (κ3) is 2.39. The molecule has 0 N–H and O–H groups in total. The zero-order chi connectivity index (χ0) is 15.8. The fraction of sp³-hybridized carbons (Fsp3) is 0.0556. The van der Waals surface area contributed by atoms with Crippen molar-refractivity contribution in [3.8, 4) is 11.3 Å². The fourth-order valence-corrected chi connectivity index (χ4v) is 3.42. The van der Waals surface area contributed by atoms with Crippen molar-refractivity contribution in [1.29, 1.82) is 0 Å². The van der Waals surface area contributed by atoms with Crippen molar-refractivity contribution in [2.24, 2.45) is 0 Å². The minimum atomic E-state index is 0.0265. The number of aromatic nitrogens is 3. The van der Waals surface area contributed by atoms with Crippen LogP contribution in [0.4, 0.5) is 0 Å². The number of benzene rings is 1. The van der Waals surface area contributed by atoms with Crippen LogP contribution in [0.3, 0.4) is 0 Å². The number of carbonyl (C=O) groups is 1. The second-order valence-corrected chi connectivity index (χ2v) is 6.32. The van der Waals surface area contributed by atoms with Crippen LogP contribution in [0.15, 0.2) is 65.7 Å². The predicted octanol–water partition coefficient (Wildman–Crippen LogP) is 4.19. The van der Waals surface area contributed by atoms with E-state index in [1.165, 1.54) is 11.8 Å². The topological polar surface area (TPSA) is 47.3 Å². The highest BCUT2D eigenvalue weighted by Crippen LogP contribution is 2.34. The predicted molar refractivity (Wildman–Crippen MR) is 92.5 cm³/mol. The summed E-state index contributed by atoms with van der Waals surface area (Å²) in [5, 5.41) is 0.839. The van der Waals surface area contributed by atoms with E-state index in [0.717, 1.165) is 27.3 Å². The quantitative estimate of drug-likeness (QED) is 0.520. The highest BCUT2D eigenvalue weighted by Gasteiger charge is 2.19. The Labute approximate surface area is 137 Å². The molecule has 2 heterocycles. The molecule has 23 heavy (non-hydrogen) atoms. The summed E-state index contributed by atoms with van der Waals surface area (Å²) in [6.45, 7) is 1.57. The molecule has 0 saturated carbocycles. The average molecular weight is 319 g/mol. The molecule has 0 bridgehead atoms. The molecular weight excluding hydrogens is 306 g/mol. The van der Waals surface area contributed by atoms with Crippen molar-refractivity contribution >= 4 is 33.7 Å². The van der Waals surface area contributed by atoms with Gasteiger partial charge >= 0.3 is 0 Å². The number of hydrogen-bond donors (Lipinski definition) is 0. The Bertz CT molecular complexity index is 1020. The van der Waals surface area contributed by atoms with Crippen molar-refractivity contribution in [3.05, 3.63) is 60.7 Å². The lowest BCUT2D eigenvalue weighted by molar-refractivity contribution is -0.109. The summed E-state index contributed by atoms with van der Waals surface area (Å²) < 4.78 is 1.96. The Hall–Kier alpha value is -2.66. The molecular formula is C18H13N3OS. The molecule has 2 aromatic carbocycles. The van der Waals surface area contributed by atoms with E-state index in [2.05, 4.69) is 9.97 Å². The van der Waals surface area contributed by atoms with Crippen LogP contribution in [0.1, 0.15) is 6.92 Å². The highest BCUT2D eigenvalue weighted by molar-refractivity contribution is 8.13. The zero-order valence-electron chi connectivity index (χ0n) is 12.4. The van der Waals surface area contributed by atoms with Gasteiger partial charge in [0.25, 0.3) is 0 Å². The van der Waals surface area contributed by atoms with Crippen LogP contribution in [-0.2, 0) is 4.79 Å². The summed E-state index contributed by atoms with van der Waals surface area (Å²) in [6.07, 6.45) is 0. The number of thioether (sulfide) groups is 1. The van der Waals surface area contributed by atoms with Crippen molar-refractivity contribution in [1.82, 2.24) is 14.4 Å². The maximum Gasteiger partial charge on any atom is 0.236 e. The van der Waals surface area contributed by atoms with Gasteiger partial charge in [0.15, 0.2) is 5.12 Å². The smallest absolute Gasteiger partial charge is 0.236 e. The summed E-state index contributed by atoms with van der Waals surface area (Å²) in [6, 6.07) is 19.7. The summed E-state index contributed by atoms with van der Waals surface area (Å²) in [5.74, 6) is 0.619. The molecule has 0 radical (unpaired) electrons. The maximum atomic E-state index is 11.8. The molecule has 112 valence electrons. The van der Waals surface area contributed by atoms with Gasteiger partial charge in [-0.3, -0.25) is 9.20 Å². The normalized spacial score (nSPS) is 11.2. The molecule has 0 unspecified atom stereocenters. The molecule has 4 aromatic rings. The Kier molecular flexibility index (Phi) is 3.35. The molecule has 0 saturated heterocycles. The number of fused-ring (bicyclic) bond motifs is 3. The van der Waals surface area contributed by atoms with Gasteiger partial charge in [0.05, 0.1) is 11.0 Å². The number of rotatable bonds is 2. The van der Waals surface area contributed by atoms with E-state index < -0.39 is 0 Å². The first kappa shape index (κ1) is 14.0. The third-order valence-electron chi connectivity index (χ3n) is 3.56. The number of nitrogens with zero attached hydrogens (tertiary/aromatic N) is 3. The monoisotopic (exact) mass is 319 g/mol. The SMILES string of the molecule is CC(=O)Sc1c(-c2ccccc2)nc2nc3cccccc3n12. The summed E-state index contributed by atoms with van der Waals surface area (Å²) in [4.78, 5) is 21.0. The standard InChI is InChI=1S/C18H13N3OS/c1-12(22)23-17-16(13-8-4-2-5-9-13)20-18-19-14-10-6-3-7-11-15(14)21(17)18/h2-11H,1H3. The molecule has 0 atom stereocenters. The van der Waals surface area contributed by atoms with Gasteiger partial charge in [0.1, 0.15) is 10.7 Å². The van der Waals surface area contributed by atoms with Crippen LogP contribution in [-0.4, -0.2) is 19.5 Å². The molecule has 0 aliphatic rings. The largest absolute Gasteiger partial charge is 0.287 e. The first-order valence-corrected chi connectivity index (χ1v) is 8.07. The summed E-state index contributed by atoms with van der Waals surface area (Å²) in [5.41, 5.74) is 3.59. The molecule has 0 aliphatic carbocycles. The number of hydrogen-bond acceptors (Lipinski definition) is 4. The van der Waals surface area contributed by atoms with E-state index in [0.29, 0.717) is 5.78 Å². The van der Waals surface area contributed by atoms with Gasteiger partial charge in [-0.1, -0.05) is 48.5 Å². The van der Waals surface area contributed by atoms with Crippen LogP contribution in [0, 0.1) is 0 Å². The molecule has 4 rings (SSSR count). The molecule has 2 aromatic heterocycles. The van der Waals surface area contributed by atoms with E-state index >= 15 is 0 Å². The van der Waals surface area contributed by atoms with Gasteiger partial charge in [-0.2, -0.15) is 0 Å². The lowest BCUT2D eigenvalue weighted by Gasteiger charge is -2.02. The third-order valence-corrected chi connectivity index (χ3v) is 4.42. The first-order valence-electron chi connectivity index (χ1n) is 7.25. The zero-order valence-corrected chi connectivity index (χ0v) is 13.2. The molecule has 5 heteroatoms. The molecule has 0 fully saturated rings. The van der Waals surface area contributed by atoms with Gasteiger partial charge in [0, 0.05) is 12.5 Å². The van der Waals surface area contributed by atoms with Crippen molar-refractivity contribution in [3.63, 3.8) is 0 Å². The van der Waals surface area contributed by atoms with Crippen molar-refractivity contribution < 1.29 is 4.79 Å². The second-order valence-electron chi connectivity index (χ2n) is 5.15. The van der Waals surface area contributed by atoms with E-state index in [-0.39, 0.29) is 5.12 Å². The highest BCUT2D eigenvalue weighted by atomic mass is 32.2. The Morgan fingerprint density at radius 1 is 0.957 bits per heavy atom. The summed E-state index contributed by atoms with van der Waals surface area (Å²) >= 11 is 1.19. The fourth-order valence-electron chi connectivity index (χ4n) is 2.62. The molecule has 0 amide bonds.